The van der Waals surface area contributed by atoms with Crippen molar-refractivity contribution in [3.63, 3.8) is 0 Å². The molecular formula is C13H12N4O2S. The lowest BCUT2D eigenvalue weighted by Gasteiger charge is -2.08. The van der Waals surface area contributed by atoms with E-state index in [2.05, 4.69) is 14.7 Å². The molecular weight excluding hydrogens is 276 g/mol. The Morgan fingerprint density at radius 3 is 2.70 bits per heavy atom. The number of nitrogens with zero attached hydrogens (tertiary/aromatic N) is 3. The smallest absolute Gasteiger partial charge is 0.242 e. The van der Waals surface area contributed by atoms with E-state index in [1.165, 1.54) is 18.3 Å². The summed E-state index contributed by atoms with van der Waals surface area (Å²) in [6.07, 6.45) is 4.45. The molecule has 0 unspecified atom stereocenters. The lowest BCUT2D eigenvalue weighted by Crippen LogP contribution is -2.23. The number of aryl methyl sites for hydroxylation is 1. The fraction of sp³-hybridized carbons (Fsp3) is 0.154. The molecule has 2 aromatic rings. The van der Waals surface area contributed by atoms with Gasteiger partial charge in [-0.3, -0.25) is 4.98 Å². The highest BCUT2D eigenvalue weighted by Crippen LogP contribution is 2.10. The first-order chi connectivity index (χ1) is 9.53. The molecule has 102 valence electrons. The van der Waals surface area contributed by atoms with Crippen molar-refractivity contribution in [2.45, 2.75) is 18.4 Å². The molecule has 6 nitrogen and oxygen atoms in total. The minimum Gasteiger partial charge on any atom is -0.264 e. The van der Waals surface area contributed by atoms with Crippen LogP contribution >= 0.6 is 0 Å². The zero-order chi connectivity index (χ0) is 14.6. The first-order valence-electron chi connectivity index (χ1n) is 5.78. The Labute approximate surface area is 117 Å². The van der Waals surface area contributed by atoms with Gasteiger partial charge in [-0.05, 0) is 36.2 Å². The van der Waals surface area contributed by atoms with E-state index in [0.717, 1.165) is 11.1 Å². The van der Waals surface area contributed by atoms with Crippen LogP contribution in [0.4, 0.5) is 0 Å². The van der Waals surface area contributed by atoms with Gasteiger partial charge < -0.3 is 0 Å². The van der Waals surface area contributed by atoms with Crippen LogP contribution in [0.3, 0.4) is 0 Å². The van der Waals surface area contributed by atoms with Crippen molar-refractivity contribution in [1.82, 2.24) is 14.7 Å². The van der Waals surface area contributed by atoms with Crippen molar-refractivity contribution in [3.05, 3.63) is 53.6 Å². The molecule has 0 aromatic carbocycles. The number of nitrogens with one attached hydrogen (secondary N) is 1. The Hall–Kier alpha value is -2.30. The fourth-order valence-corrected chi connectivity index (χ4v) is 2.51. The summed E-state index contributed by atoms with van der Waals surface area (Å²) in [5.74, 6) is 0. The largest absolute Gasteiger partial charge is 0.264 e. The van der Waals surface area contributed by atoms with Gasteiger partial charge in [-0.25, -0.2) is 18.1 Å². The van der Waals surface area contributed by atoms with Crippen LogP contribution in [0.25, 0.3) is 0 Å². The molecule has 0 aliphatic carbocycles. The van der Waals surface area contributed by atoms with Crippen LogP contribution in [0.2, 0.25) is 0 Å². The van der Waals surface area contributed by atoms with Gasteiger partial charge in [0.1, 0.15) is 16.7 Å². The quantitative estimate of drug-likeness (QED) is 0.910. The van der Waals surface area contributed by atoms with E-state index < -0.39 is 10.0 Å². The standard InChI is InChI=1S/C13H12N4O2S/c1-10-7-15-5-4-11(10)8-17-20(18,19)13-3-2-12(6-14)16-9-13/h2-5,7,9,17H,8H2,1H3. The lowest BCUT2D eigenvalue weighted by molar-refractivity contribution is 0.580. The maximum atomic E-state index is 12.1. The summed E-state index contributed by atoms with van der Waals surface area (Å²) in [4.78, 5) is 7.73. The number of sulfonamides is 1. The number of hydrogen-bond acceptors (Lipinski definition) is 5. The number of hydrogen-bond donors (Lipinski definition) is 1. The average Bonchev–Trinajstić information content (AvgIpc) is 2.46. The van der Waals surface area contributed by atoms with Gasteiger partial charge in [-0.1, -0.05) is 0 Å². The predicted octanol–water partition coefficient (Wildman–Crippen LogP) is 1.14. The van der Waals surface area contributed by atoms with Gasteiger partial charge in [0, 0.05) is 25.1 Å². The first kappa shape index (κ1) is 14.1. The summed E-state index contributed by atoms with van der Waals surface area (Å²) in [5, 5.41) is 8.63. The van der Waals surface area contributed by atoms with Crippen LogP contribution in [-0.4, -0.2) is 18.4 Å². The molecule has 0 radical (unpaired) electrons. The molecule has 2 rings (SSSR count). The fourth-order valence-electron chi connectivity index (χ4n) is 1.56. The Morgan fingerprint density at radius 1 is 1.30 bits per heavy atom. The molecule has 0 aliphatic heterocycles. The van der Waals surface area contributed by atoms with Crippen LogP contribution in [0.1, 0.15) is 16.8 Å². The zero-order valence-corrected chi connectivity index (χ0v) is 11.6. The van der Waals surface area contributed by atoms with E-state index in [9.17, 15) is 8.42 Å². The van der Waals surface area contributed by atoms with E-state index in [1.54, 1.807) is 18.5 Å². The van der Waals surface area contributed by atoms with Crippen LogP contribution in [0.5, 0.6) is 0 Å². The van der Waals surface area contributed by atoms with Gasteiger partial charge in [0.05, 0.1) is 0 Å². The third-order valence-corrected chi connectivity index (χ3v) is 4.14. The van der Waals surface area contributed by atoms with Crippen LogP contribution in [0, 0.1) is 18.3 Å². The summed E-state index contributed by atoms with van der Waals surface area (Å²) >= 11 is 0. The van der Waals surface area contributed by atoms with Gasteiger partial charge in [-0.15, -0.1) is 0 Å². The van der Waals surface area contributed by atoms with Crippen molar-refractivity contribution in [2.24, 2.45) is 0 Å². The molecule has 1 N–H and O–H groups in total. The second kappa shape index (κ2) is 5.77. The molecule has 20 heavy (non-hydrogen) atoms. The second-order valence-corrected chi connectivity index (χ2v) is 5.88. The van der Waals surface area contributed by atoms with Crippen molar-refractivity contribution < 1.29 is 8.42 Å². The average molecular weight is 288 g/mol. The second-order valence-electron chi connectivity index (χ2n) is 4.12. The van der Waals surface area contributed by atoms with Gasteiger partial charge in [0.15, 0.2) is 0 Å². The molecule has 0 atom stereocenters. The monoisotopic (exact) mass is 288 g/mol. The summed E-state index contributed by atoms with van der Waals surface area (Å²) < 4.78 is 26.6. The normalized spacial score (nSPS) is 11.0. The first-order valence-corrected chi connectivity index (χ1v) is 7.26. The molecule has 2 heterocycles. The van der Waals surface area contributed by atoms with Crippen LogP contribution in [-0.2, 0) is 16.6 Å². The third-order valence-electron chi connectivity index (χ3n) is 2.75. The van der Waals surface area contributed by atoms with E-state index in [-0.39, 0.29) is 17.1 Å². The highest BCUT2D eigenvalue weighted by molar-refractivity contribution is 7.89. The Kier molecular flexibility index (Phi) is 4.08. The maximum absolute atomic E-state index is 12.1. The topological polar surface area (TPSA) is 95.7 Å². The van der Waals surface area contributed by atoms with Gasteiger partial charge in [0.25, 0.3) is 0 Å². The van der Waals surface area contributed by atoms with E-state index in [4.69, 9.17) is 5.26 Å². The van der Waals surface area contributed by atoms with Crippen molar-refractivity contribution in [1.29, 1.82) is 5.26 Å². The molecule has 0 saturated carbocycles. The van der Waals surface area contributed by atoms with Gasteiger partial charge >= 0.3 is 0 Å². The van der Waals surface area contributed by atoms with Crippen LogP contribution < -0.4 is 4.72 Å². The van der Waals surface area contributed by atoms with Gasteiger partial charge in [-0.2, -0.15) is 5.26 Å². The molecule has 7 heteroatoms. The highest BCUT2D eigenvalue weighted by Gasteiger charge is 2.14. The number of rotatable bonds is 4. The highest BCUT2D eigenvalue weighted by atomic mass is 32.2. The predicted molar refractivity (Wildman–Crippen MR) is 72.0 cm³/mol. The third kappa shape index (κ3) is 3.17. The summed E-state index contributed by atoms with van der Waals surface area (Å²) in [6.45, 7) is 2.04. The summed E-state index contributed by atoms with van der Waals surface area (Å²) in [7, 11) is -3.64. The lowest BCUT2D eigenvalue weighted by atomic mass is 10.2. The minimum atomic E-state index is -3.64. The molecule has 0 aliphatic rings. The van der Waals surface area contributed by atoms with Crippen molar-refractivity contribution in [3.8, 4) is 6.07 Å². The molecule has 2 aromatic heterocycles. The summed E-state index contributed by atoms with van der Waals surface area (Å²) in [5.41, 5.74) is 1.94. The Morgan fingerprint density at radius 2 is 2.10 bits per heavy atom. The molecule has 0 bridgehead atoms. The minimum absolute atomic E-state index is 0.0307. The SMILES string of the molecule is Cc1cnccc1CNS(=O)(=O)c1ccc(C#N)nc1. The van der Waals surface area contributed by atoms with Crippen LogP contribution in [0.15, 0.2) is 41.7 Å². The summed E-state index contributed by atoms with van der Waals surface area (Å²) in [6, 6.07) is 6.32. The number of nitriles is 1. The molecule has 0 amide bonds. The Bertz CT molecular complexity index is 749. The zero-order valence-electron chi connectivity index (χ0n) is 10.7. The number of pyridine rings is 2. The van der Waals surface area contributed by atoms with Crippen molar-refractivity contribution >= 4 is 10.0 Å². The van der Waals surface area contributed by atoms with E-state index in [1.807, 2.05) is 13.0 Å². The van der Waals surface area contributed by atoms with Gasteiger partial charge in [0.2, 0.25) is 10.0 Å². The maximum Gasteiger partial charge on any atom is 0.242 e. The Balaban J connectivity index is 2.15. The number of aromatic nitrogens is 2. The van der Waals surface area contributed by atoms with E-state index in [0.29, 0.717) is 0 Å². The molecule has 0 saturated heterocycles. The van der Waals surface area contributed by atoms with Crippen molar-refractivity contribution in [2.75, 3.05) is 0 Å². The molecule has 0 spiro atoms. The van der Waals surface area contributed by atoms with E-state index >= 15 is 0 Å². The molecule has 0 fully saturated rings.